The number of hydrogen-bond acceptors (Lipinski definition) is 4. The van der Waals surface area contributed by atoms with Crippen molar-refractivity contribution in [3.8, 4) is 0 Å². The van der Waals surface area contributed by atoms with E-state index in [1.807, 2.05) is 4.90 Å². The summed E-state index contributed by atoms with van der Waals surface area (Å²) in [6.45, 7) is 4.46. The number of benzene rings is 2. The van der Waals surface area contributed by atoms with Crippen LogP contribution >= 0.6 is 27.5 Å². The number of allylic oxidation sites excluding steroid dienone is 4. The third-order valence-corrected chi connectivity index (χ3v) is 7.24. The van der Waals surface area contributed by atoms with Gasteiger partial charge in [-0.1, -0.05) is 46.3 Å². The molecule has 4 rings (SSSR count). The predicted molar refractivity (Wildman–Crippen MR) is 154 cm³/mol. The van der Waals surface area contributed by atoms with Crippen molar-refractivity contribution >= 4 is 56.7 Å². The number of hydrogen-bond donors (Lipinski definition) is 3. The van der Waals surface area contributed by atoms with E-state index in [9.17, 15) is 14.4 Å². The molecule has 7 nitrogen and oxygen atoms in total. The molecule has 39 heavy (non-hydrogen) atoms. The van der Waals surface area contributed by atoms with E-state index in [1.54, 1.807) is 30.3 Å². The number of carbonyl (C=O) groups excluding carboxylic acids is 2. The van der Waals surface area contributed by atoms with E-state index in [2.05, 4.69) is 33.1 Å². The number of rotatable bonds is 10. The van der Waals surface area contributed by atoms with Gasteiger partial charge in [-0.2, -0.15) is 0 Å². The van der Waals surface area contributed by atoms with Gasteiger partial charge in [0.15, 0.2) is 0 Å². The van der Waals surface area contributed by atoms with E-state index in [0.717, 1.165) is 12.8 Å². The number of carbonyl (C=O) groups is 3. The van der Waals surface area contributed by atoms with Gasteiger partial charge in [-0.25, -0.2) is 9.18 Å². The highest BCUT2D eigenvalue weighted by Crippen LogP contribution is 2.41. The molecule has 0 radical (unpaired) electrons. The topological polar surface area (TPSA) is 98.7 Å². The zero-order valence-corrected chi connectivity index (χ0v) is 23.3. The molecule has 0 bridgehead atoms. The maximum Gasteiger partial charge on any atom is 0.335 e. The van der Waals surface area contributed by atoms with Gasteiger partial charge in [0.1, 0.15) is 5.83 Å². The Kier molecular flexibility index (Phi) is 9.37. The van der Waals surface area contributed by atoms with Crippen LogP contribution in [0.15, 0.2) is 83.6 Å². The number of aromatic carboxylic acids is 1. The maximum atomic E-state index is 15.9. The monoisotopic (exact) mass is 615 g/mol. The summed E-state index contributed by atoms with van der Waals surface area (Å²) in [7, 11) is 0. The van der Waals surface area contributed by atoms with Gasteiger partial charge < -0.3 is 15.7 Å². The summed E-state index contributed by atoms with van der Waals surface area (Å²) in [4.78, 5) is 40.2. The molecule has 1 saturated carbocycles. The first-order valence-electron chi connectivity index (χ1n) is 12.4. The molecule has 2 unspecified atom stereocenters. The summed E-state index contributed by atoms with van der Waals surface area (Å²) in [5, 5.41) is 15.2. The van der Waals surface area contributed by atoms with Crippen LogP contribution in [0, 0.1) is 17.8 Å². The van der Waals surface area contributed by atoms with Crippen molar-refractivity contribution < 1.29 is 23.9 Å². The van der Waals surface area contributed by atoms with Crippen LogP contribution in [0.5, 0.6) is 0 Å². The molecule has 2 fully saturated rings. The number of nitrogens with one attached hydrogen (secondary N) is 2. The lowest BCUT2D eigenvalue weighted by Crippen LogP contribution is -2.44. The summed E-state index contributed by atoms with van der Waals surface area (Å²) in [6.07, 6.45) is 6.33. The van der Waals surface area contributed by atoms with E-state index in [-0.39, 0.29) is 12.1 Å². The molecule has 2 aromatic rings. The van der Waals surface area contributed by atoms with Gasteiger partial charge in [-0.05, 0) is 73.4 Å². The van der Waals surface area contributed by atoms with E-state index < -0.39 is 41.5 Å². The van der Waals surface area contributed by atoms with Gasteiger partial charge in [0.25, 0.3) is 0 Å². The Morgan fingerprint density at radius 2 is 1.79 bits per heavy atom. The Balaban J connectivity index is 1.65. The molecule has 2 amide bonds. The standard InChI is InChI=1S/C29H28BrClFN3O4/c1-17(30)4-2-7-24(32)25-23(27(36)33-21-12-10-19(11-13-21)29(38)39)16-35(15-18-8-9-18)26(25)28(37)34-22-6-3-5-20(31)14-22/h2-7,10-14,18,23,25-26H,1,8-9,15-16H2,(H,33,36)(H,34,37)(H,38,39)/b4-2-,24-7-/t23-,25?,26?/m1/s1. The lowest BCUT2D eigenvalue weighted by atomic mass is 9.87. The van der Waals surface area contributed by atoms with Crippen LogP contribution in [0.2, 0.25) is 5.02 Å². The third-order valence-electron chi connectivity index (χ3n) is 6.74. The third kappa shape index (κ3) is 7.65. The smallest absolute Gasteiger partial charge is 0.335 e. The molecule has 10 heteroatoms. The van der Waals surface area contributed by atoms with Crippen molar-refractivity contribution in [3.05, 3.63) is 94.2 Å². The molecule has 1 aliphatic carbocycles. The van der Waals surface area contributed by atoms with Crippen LogP contribution in [-0.2, 0) is 9.59 Å². The minimum absolute atomic E-state index is 0.0780. The Hall–Kier alpha value is -3.27. The summed E-state index contributed by atoms with van der Waals surface area (Å²) >= 11 is 9.29. The first-order valence-corrected chi connectivity index (χ1v) is 13.6. The molecule has 2 aromatic carbocycles. The molecular weight excluding hydrogens is 589 g/mol. The highest BCUT2D eigenvalue weighted by atomic mass is 79.9. The van der Waals surface area contributed by atoms with Crippen molar-refractivity contribution in [2.24, 2.45) is 17.8 Å². The van der Waals surface area contributed by atoms with E-state index in [4.69, 9.17) is 16.7 Å². The number of carboxylic acid groups (broad SMARTS) is 1. The number of amides is 2. The largest absolute Gasteiger partial charge is 0.478 e. The van der Waals surface area contributed by atoms with Crippen molar-refractivity contribution in [1.29, 1.82) is 0 Å². The molecule has 1 aliphatic heterocycles. The second kappa shape index (κ2) is 12.7. The van der Waals surface area contributed by atoms with Gasteiger partial charge in [0.2, 0.25) is 11.8 Å². The fraction of sp³-hybridized carbons (Fsp3) is 0.276. The number of halogens is 3. The SMILES string of the molecule is C=C(Br)/C=C\C=C(/F)C1C(C(=O)Nc2cccc(Cl)c2)N(CC2CC2)C[C@H]1C(=O)Nc1ccc(C(=O)O)cc1. The van der Waals surface area contributed by atoms with Crippen LogP contribution in [0.25, 0.3) is 0 Å². The van der Waals surface area contributed by atoms with Crippen molar-refractivity contribution in [2.45, 2.75) is 18.9 Å². The number of nitrogens with zero attached hydrogens (tertiary/aromatic N) is 1. The number of carboxylic acids is 1. The first-order chi connectivity index (χ1) is 18.6. The predicted octanol–water partition coefficient (Wildman–Crippen LogP) is 6.26. The van der Waals surface area contributed by atoms with Gasteiger partial charge >= 0.3 is 5.97 Å². The molecule has 1 heterocycles. The minimum atomic E-state index is -1.08. The van der Waals surface area contributed by atoms with Crippen molar-refractivity contribution in [3.63, 3.8) is 0 Å². The van der Waals surface area contributed by atoms with E-state index in [1.165, 1.54) is 36.4 Å². The molecule has 3 N–H and O–H groups in total. The average molecular weight is 617 g/mol. The maximum absolute atomic E-state index is 15.9. The highest BCUT2D eigenvalue weighted by molar-refractivity contribution is 9.11. The van der Waals surface area contributed by atoms with E-state index >= 15 is 4.39 Å². The Morgan fingerprint density at radius 1 is 1.10 bits per heavy atom. The Labute approximate surface area is 239 Å². The summed E-state index contributed by atoms with van der Waals surface area (Å²) in [6, 6.07) is 11.5. The zero-order chi connectivity index (χ0) is 28.1. The molecule has 0 spiro atoms. The van der Waals surface area contributed by atoms with Crippen LogP contribution in [0.1, 0.15) is 23.2 Å². The lowest BCUT2D eigenvalue weighted by molar-refractivity contribution is -0.122. The average Bonchev–Trinajstić information content (AvgIpc) is 3.61. The Morgan fingerprint density at radius 3 is 2.41 bits per heavy atom. The van der Waals surface area contributed by atoms with Crippen molar-refractivity contribution in [2.75, 3.05) is 23.7 Å². The van der Waals surface area contributed by atoms with Gasteiger partial charge in [-0.15, -0.1) is 0 Å². The molecule has 3 atom stereocenters. The lowest BCUT2D eigenvalue weighted by Gasteiger charge is -2.27. The van der Waals surface area contributed by atoms with Crippen LogP contribution in [0.4, 0.5) is 15.8 Å². The van der Waals surface area contributed by atoms with Gasteiger partial charge in [-0.3, -0.25) is 14.5 Å². The Bertz CT molecular complexity index is 1330. The second-order valence-corrected chi connectivity index (χ2v) is 11.2. The molecule has 1 saturated heterocycles. The molecule has 0 aromatic heterocycles. The number of anilines is 2. The van der Waals surface area contributed by atoms with Crippen LogP contribution in [0.3, 0.4) is 0 Å². The summed E-state index contributed by atoms with van der Waals surface area (Å²) in [5.41, 5.74) is 0.933. The van der Waals surface area contributed by atoms with Gasteiger partial charge in [0.05, 0.1) is 17.5 Å². The highest BCUT2D eigenvalue weighted by Gasteiger charge is 2.51. The first kappa shape index (κ1) is 28.7. The summed E-state index contributed by atoms with van der Waals surface area (Å²) < 4.78 is 16.4. The zero-order valence-electron chi connectivity index (χ0n) is 20.9. The van der Waals surface area contributed by atoms with Crippen LogP contribution < -0.4 is 10.6 Å². The van der Waals surface area contributed by atoms with Crippen molar-refractivity contribution in [1.82, 2.24) is 4.90 Å². The molecule has 204 valence electrons. The fourth-order valence-corrected chi connectivity index (χ4v) is 5.08. The van der Waals surface area contributed by atoms with Gasteiger partial charge in [0, 0.05) is 39.9 Å². The van der Waals surface area contributed by atoms with Crippen LogP contribution in [-0.4, -0.2) is 46.9 Å². The molecular formula is C29H28BrClFN3O4. The summed E-state index contributed by atoms with van der Waals surface area (Å²) in [5.74, 6) is -4.13. The minimum Gasteiger partial charge on any atom is -0.478 e. The fourth-order valence-electron chi connectivity index (χ4n) is 4.73. The quantitative estimate of drug-likeness (QED) is 0.274. The molecule has 2 aliphatic rings. The normalized spacial score (nSPS) is 21.6. The second-order valence-electron chi connectivity index (χ2n) is 9.70. The number of likely N-dealkylation sites (tertiary alicyclic amines) is 1. The van der Waals surface area contributed by atoms with E-state index in [0.29, 0.717) is 33.3 Å².